The Morgan fingerprint density at radius 3 is 2.43 bits per heavy atom. The number of piperazine rings is 1. The SMILES string of the molecule is N#Cc1ccc(C(=O)N2CCN(C(=O)C3CC(c4ccncc4)NN3)CC2)c(F)c1. The van der Waals surface area contributed by atoms with Crippen molar-refractivity contribution in [2.24, 2.45) is 0 Å². The lowest BCUT2D eigenvalue weighted by Crippen LogP contribution is -2.54. The Morgan fingerprint density at radius 2 is 1.77 bits per heavy atom. The second-order valence-corrected chi connectivity index (χ2v) is 7.33. The first kappa shape index (κ1) is 19.9. The average molecular weight is 408 g/mol. The third-order valence-electron chi connectivity index (χ3n) is 5.52. The van der Waals surface area contributed by atoms with Gasteiger partial charge < -0.3 is 9.80 Å². The van der Waals surface area contributed by atoms with Crippen LogP contribution in [0.1, 0.15) is 33.9 Å². The van der Waals surface area contributed by atoms with Gasteiger partial charge in [-0.25, -0.2) is 15.2 Å². The molecule has 2 unspecified atom stereocenters. The summed E-state index contributed by atoms with van der Waals surface area (Å²) in [5.41, 5.74) is 7.39. The van der Waals surface area contributed by atoms with Crippen LogP contribution < -0.4 is 10.9 Å². The number of rotatable bonds is 3. The number of hydrazine groups is 1. The number of nitriles is 1. The Morgan fingerprint density at radius 1 is 1.07 bits per heavy atom. The summed E-state index contributed by atoms with van der Waals surface area (Å²) in [6.07, 6.45) is 4.07. The van der Waals surface area contributed by atoms with Crippen LogP contribution in [0.4, 0.5) is 4.39 Å². The summed E-state index contributed by atoms with van der Waals surface area (Å²) >= 11 is 0. The number of pyridine rings is 1. The Balaban J connectivity index is 1.33. The van der Waals surface area contributed by atoms with E-state index in [1.807, 2.05) is 18.2 Å². The molecule has 3 heterocycles. The topological polar surface area (TPSA) is 101 Å². The van der Waals surface area contributed by atoms with E-state index in [-0.39, 0.29) is 29.1 Å². The molecular weight excluding hydrogens is 387 g/mol. The van der Waals surface area contributed by atoms with Gasteiger partial charge in [0, 0.05) is 44.6 Å². The number of aromatic nitrogens is 1. The Hall–Kier alpha value is -3.35. The molecule has 30 heavy (non-hydrogen) atoms. The monoisotopic (exact) mass is 408 g/mol. The van der Waals surface area contributed by atoms with Crippen molar-refractivity contribution < 1.29 is 14.0 Å². The van der Waals surface area contributed by atoms with Gasteiger partial charge in [0.15, 0.2) is 0 Å². The van der Waals surface area contributed by atoms with E-state index in [0.717, 1.165) is 11.6 Å². The predicted octanol–water partition coefficient (Wildman–Crippen LogP) is 0.985. The highest BCUT2D eigenvalue weighted by Gasteiger charge is 2.35. The van der Waals surface area contributed by atoms with Crippen molar-refractivity contribution in [3.8, 4) is 6.07 Å². The number of amides is 2. The summed E-state index contributed by atoms with van der Waals surface area (Å²) in [5.74, 6) is -1.15. The van der Waals surface area contributed by atoms with Crippen LogP contribution in [0.3, 0.4) is 0 Å². The smallest absolute Gasteiger partial charge is 0.256 e. The lowest BCUT2D eigenvalue weighted by Gasteiger charge is -2.36. The number of benzene rings is 1. The minimum absolute atomic E-state index is 0.0179. The molecule has 1 aromatic carbocycles. The number of nitrogens with zero attached hydrogens (tertiary/aromatic N) is 4. The van der Waals surface area contributed by atoms with Gasteiger partial charge in [-0.05, 0) is 42.3 Å². The lowest BCUT2D eigenvalue weighted by atomic mass is 10.0. The highest BCUT2D eigenvalue weighted by Crippen LogP contribution is 2.23. The molecule has 2 fully saturated rings. The molecule has 2 aromatic rings. The first-order valence-corrected chi connectivity index (χ1v) is 9.75. The van der Waals surface area contributed by atoms with Gasteiger partial charge in [-0.15, -0.1) is 0 Å². The number of halogens is 1. The summed E-state index contributed by atoms with van der Waals surface area (Å²) in [4.78, 5) is 32.8. The molecule has 2 aliphatic heterocycles. The number of hydrogen-bond donors (Lipinski definition) is 2. The van der Waals surface area contributed by atoms with E-state index >= 15 is 0 Å². The molecule has 2 atom stereocenters. The molecule has 2 N–H and O–H groups in total. The van der Waals surface area contributed by atoms with Gasteiger partial charge in [0.25, 0.3) is 5.91 Å². The largest absolute Gasteiger partial charge is 0.338 e. The van der Waals surface area contributed by atoms with Crippen molar-refractivity contribution in [2.45, 2.75) is 18.5 Å². The molecule has 4 rings (SSSR count). The van der Waals surface area contributed by atoms with E-state index in [4.69, 9.17) is 5.26 Å². The van der Waals surface area contributed by atoms with Crippen LogP contribution in [0.15, 0.2) is 42.7 Å². The first-order valence-electron chi connectivity index (χ1n) is 9.75. The van der Waals surface area contributed by atoms with Crippen molar-refractivity contribution in [3.05, 3.63) is 65.2 Å². The Kier molecular flexibility index (Phi) is 5.70. The maximum Gasteiger partial charge on any atom is 0.256 e. The maximum atomic E-state index is 14.1. The predicted molar refractivity (Wildman–Crippen MR) is 105 cm³/mol. The van der Waals surface area contributed by atoms with Gasteiger partial charge in [-0.3, -0.25) is 14.6 Å². The Labute approximate surface area is 173 Å². The summed E-state index contributed by atoms with van der Waals surface area (Å²) in [6.45, 7) is 1.44. The maximum absolute atomic E-state index is 14.1. The van der Waals surface area contributed by atoms with Crippen molar-refractivity contribution in [2.75, 3.05) is 26.2 Å². The second-order valence-electron chi connectivity index (χ2n) is 7.33. The van der Waals surface area contributed by atoms with E-state index in [0.29, 0.717) is 32.6 Å². The molecule has 0 aliphatic carbocycles. The van der Waals surface area contributed by atoms with Gasteiger partial charge in [0.05, 0.1) is 17.2 Å². The molecule has 0 spiro atoms. The molecule has 2 amide bonds. The molecule has 2 aliphatic rings. The minimum atomic E-state index is -0.707. The minimum Gasteiger partial charge on any atom is -0.338 e. The number of nitrogens with one attached hydrogen (secondary N) is 2. The summed E-state index contributed by atoms with van der Waals surface area (Å²) in [6, 6.07) is 9.19. The van der Waals surface area contributed by atoms with Crippen molar-refractivity contribution >= 4 is 11.8 Å². The molecule has 1 aromatic heterocycles. The van der Waals surface area contributed by atoms with E-state index in [1.165, 1.54) is 17.0 Å². The van der Waals surface area contributed by atoms with Crippen molar-refractivity contribution in [1.82, 2.24) is 25.6 Å². The lowest BCUT2D eigenvalue weighted by molar-refractivity contribution is -0.134. The van der Waals surface area contributed by atoms with E-state index in [9.17, 15) is 14.0 Å². The normalized spacial score (nSPS) is 21.3. The molecule has 0 bridgehead atoms. The van der Waals surface area contributed by atoms with Gasteiger partial charge in [-0.1, -0.05) is 0 Å². The van der Waals surface area contributed by atoms with Crippen LogP contribution in [0.2, 0.25) is 0 Å². The van der Waals surface area contributed by atoms with Crippen LogP contribution in [0.5, 0.6) is 0 Å². The summed E-state index contributed by atoms with van der Waals surface area (Å²) in [5, 5.41) is 8.83. The number of carbonyl (C=O) groups excluding carboxylic acids is 2. The second kappa shape index (κ2) is 8.57. The molecular formula is C21H21FN6O2. The zero-order chi connectivity index (χ0) is 21.1. The number of hydrogen-bond acceptors (Lipinski definition) is 6. The molecule has 0 saturated carbocycles. The molecule has 9 heteroatoms. The molecule has 2 saturated heterocycles. The van der Waals surface area contributed by atoms with Gasteiger partial charge in [0.1, 0.15) is 11.9 Å². The highest BCUT2D eigenvalue weighted by atomic mass is 19.1. The fourth-order valence-electron chi connectivity index (χ4n) is 3.81. The van der Waals surface area contributed by atoms with Gasteiger partial charge in [0.2, 0.25) is 5.91 Å². The highest BCUT2D eigenvalue weighted by molar-refractivity contribution is 5.95. The molecule has 0 radical (unpaired) electrons. The van der Waals surface area contributed by atoms with E-state index in [2.05, 4.69) is 15.8 Å². The van der Waals surface area contributed by atoms with E-state index in [1.54, 1.807) is 17.3 Å². The third kappa shape index (κ3) is 4.01. The average Bonchev–Trinajstić information content (AvgIpc) is 3.29. The van der Waals surface area contributed by atoms with E-state index < -0.39 is 11.7 Å². The first-order chi connectivity index (χ1) is 14.6. The molecule has 8 nitrogen and oxygen atoms in total. The van der Waals surface area contributed by atoms with Crippen LogP contribution in [0, 0.1) is 17.1 Å². The Bertz CT molecular complexity index is 985. The van der Waals surface area contributed by atoms with Gasteiger partial charge >= 0.3 is 0 Å². The summed E-state index contributed by atoms with van der Waals surface area (Å²) in [7, 11) is 0. The van der Waals surface area contributed by atoms with Crippen LogP contribution >= 0.6 is 0 Å². The number of carbonyl (C=O) groups is 2. The quantitative estimate of drug-likeness (QED) is 0.785. The van der Waals surface area contributed by atoms with Crippen molar-refractivity contribution in [3.63, 3.8) is 0 Å². The zero-order valence-corrected chi connectivity index (χ0v) is 16.2. The molecule has 154 valence electrons. The fourth-order valence-corrected chi connectivity index (χ4v) is 3.81. The van der Waals surface area contributed by atoms with Crippen LogP contribution in [-0.2, 0) is 4.79 Å². The third-order valence-corrected chi connectivity index (χ3v) is 5.52. The fraction of sp³-hybridized carbons (Fsp3) is 0.333. The zero-order valence-electron chi connectivity index (χ0n) is 16.2. The van der Waals surface area contributed by atoms with Gasteiger partial charge in [-0.2, -0.15) is 5.26 Å². The van der Waals surface area contributed by atoms with Crippen molar-refractivity contribution in [1.29, 1.82) is 5.26 Å². The van der Waals surface area contributed by atoms with Crippen LogP contribution in [0.25, 0.3) is 0 Å². The summed E-state index contributed by atoms with van der Waals surface area (Å²) < 4.78 is 14.1. The van der Waals surface area contributed by atoms with Crippen LogP contribution in [-0.4, -0.2) is 58.8 Å². The standard InChI is InChI=1S/C21H21FN6O2/c22-17-11-14(13-23)1-2-16(17)20(29)27-7-9-28(10-8-27)21(30)19-12-18(25-26-19)15-3-5-24-6-4-15/h1-6,11,18-19,25-26H,7-10,12H2.